The molecule has 0 saturated carbocycles. The normalized spacial score (nSPS) is 13.0. The molecule has 0 saturated heterocycles. The minimum Gasteiger partial charge on any atom is -0.471 e. The molecule has 5 rings (SSSR count). The molecule has 2 atom stereocenters. The Morgan fingerprint density at radius 3 is 2.07 bits per heavy atom. The van der Waals surface area contributed by atoms with Crippen LogP contribution < -0.4 is 10.5 Å². The van der Waals surface area contributed by atoms with E-state index in [0.717, 1.165) is 47.8 Å². The molecule has 1 heterocycles. The quantitative estimate of drug-likeness (QED) is 0.147. The van der Waals surface area contributed by atoms with Crippen LogP contribution in [0.5, 0.6) is 5.88 Å². The van der Waals surface area contributed by atoms with Gasteiger partial charge in [0.2, 0.25) is 11.8 Å². The standard InChI is InChI=1S/C38H41N3O2/c1-4-5-19-33-27-32-18-12-13-20-34(32)38(40-33)43-26-25-41(2,3)36(30-16-10-7-11-17-30)35(28-14-8-6-9-15-28)29-21-23-31(24-22-29)37(39)42/h6-18,20-24,27,35-36H,4-5,19,25-26H2,1-3H3,(H-,39,42)/p+1/t35-,36-/m0/s1. The average Bonchev–Trinajstić information content (AvgIpc) is 3.03. The summed E-state index contributed by atoms with van der Waals surface area (Å²) in [5.41, 5.74) is 10.8. The number of ether oxygens (including phenoxy) is 1. The number of unbranched alkanes of at least 4 members (excludes halogenated alkanes) is 1. The molecule has 5 heteroatoms. The highest BCUT2D eigenvalue weighted by molar-refractivity contribution is 5.92. The lowest BCUT2D eigenvalue weighted by Gasteiger charge is -2.43. The minimum atomic E-state index is -0.421. The van der Waals surface area contributed by atoms with E-state index in [-0.39, 0.29) is 12.0 Å². The fourth-order valence-corrected chi connectivity index (χ4v) is 6.05. The first-order valence-electron chi connectivity index (χ1n) is 15.2. The monoisotopic (exact) mass is 572 g/mol. The summed E-state index contributed by atoms with van der Waals surface area (Å²) in [6, 6.07) is 39.7. The zero-order valence-corrected chi connectivity index (χ0v) is 25.4. The van der Waals surface area contributed by atoms with Crippen molar-refractivity contribution in [3.8, 4) is 5.88 Å². The number of aromatic nitrogens is 1. The van der Waals surface area contributed by atoms with Crippen molar-refractivity contribution in [3.63, 3.8) is 0 Å². The second-order valence-corrected chi connectivity index (χ2v) is 11.8. The van der Waals surface area contributed by atoms with Gasteiger partial charge < -0.3 is 15.0 Å². The number of likely N-dealkylation sites (N-methyl/N-ethyl adjacent to an activating group) is 1. The number of nitrogens with two attached hydrogens (primary N) is 1. The molecule has 0 radical (unpaired) electrons. The van der Waals surface area contributed by atoms with Gasteiger partial charge in [0.05, 0.1) is 20.0 Å². The first-order valence-corrected chi connectivity index (χ1v) is 15.2. The number of aryl methyl sites for hydroxylation is 1. The lowest BCUT2D eigenvalue weighted by molar-refractivity contribution is -0.922. The van der Waals surface area contributed by atoms with E-state index in [1.807, 2.05) is 36.4 Å². The molecule has 5 nitrogen and oxygen atoms in total. The van der Waals surface area contributed by atoms with E-state index in [1.165, 1.54) is 11.1 Å². The van der Waals surface area contributed by atoms with Crippen molar-refractivity contribution >= 4 is 16.7 Å². The highest BCUT2D eigenvalue weighted by Crippen LogP contribution is 2.43. The van der Waals surface area contributed by atoms with Gasteiger partial charge >= 0.3 is 0 Å². The van der Waals surface area contributed by atoms with Gasteiger partial charge in [-0.25, -0.2) is 4.98 Å². The van der Waals surface area contributed by atoms with E-state index in [2.05, 4.69) is 99.9 Å². The van der Waals surface area contributed by atoms with Gasteiger partial charge in [-0.3, -0.25) is 4.79 Å². The van der Waals surface area contributed by atoms with Crippen LogP contribution >= 0.6 is 0 Å². The van der Waals surface area contributed by atoms with E-state index in [0.29, 0.717) is 22.5 Å². The fourth-order valence-electron chi connectivity index (χ4n) is 6.05. The van der Waals surface area contributed by atoms with E-state index in [4.69, 9.17) is 15.5 Å². The van der Waals surface area contributed by atoms with Crippen molar-refractivity contribution in [2.24, 2.45) is 5.73 Å². The molecule has 43 heavy (non-hydrogen) atoms. The van der Waals surface area contributed by atoms with Gasteiger partial charge in [-0.15, -0.1) is 0 Å². The van der Waals surface area contributed by atoms with E-state index in [1.54, 1.807) is 0 Å². The molecule has 0 bridgehead atoms. The van der Waals surface area contributed by atoms with Crippen LogP contribution in [-0.2, 0) is 6.42 Å². The number of hydrogen-bond donors (Lipinski definition) is 1. The number of rotatable bonds is 13. The Balaban J connectivity index is 1.49. The topological polar surface area (TPSA) is 65.2 Å². The van der Waals surface area contributed by atoms with Gasteiger partial charge in [0, 0.05) is 22.2 Å². The number of hydrogen-bond acceptors (Lipinski definition) is 3. The Bertz CT molecular complexity index is 1630. The molecule has 1 aromatic heterocycles. The first-order chi connectivity index (χ1) is 20.9. The zero-order valence-electron chi connectivity index (χ0n) is 25.4. The van der Waals surface area contributed by atoms with Gasteiger partial charge in [-0.1, -0.05) is 104 Å². The second-order valence-electron chi connectivity index (χ2n) is 11.8. The van der Waals surface area contributed by atoms with Crippen LogP contribution in [0.3, 0.4) is 0 Å². The summed E-state index contributed by atoms with van der Waals surface area (Å²) in [5.74, 6) is 0.314. The SMILES string of the molecule is CCCCc1cc2ccccc2c(OCC[N+](C)(C)[C@@H](c2ccccc2)[C@@H](c2ccccc2)c2ccc(C(N)=O)cc2)n1. The van der Waals surface area contributed by atoms with Crippen molar-refractivity contribution in [3.05, 3.63) is 143 Å². The van der Waals surface area contributed by atoms with Gasteiger partial charge in [0.25, 0.3) is 0 Å². The molecule has 4 aromatic carbocycles. The van der Waals surface area contributed by atoms with Gasteiger partial charge in [0.15, 0.2) is 0 Å². The number of amides is 1. The van der Waals surface area contributed by atoms with Crippen molar-refractivity contribution in [2.45, 2.75) is 38.1 Å². The Kier molecular flexibility index (Phi) is 9.53. The summed E-state index contributed by atoms with van der Waals surface area (Å²) in [7, 11) is 4.55. The molecule has 0 aliphatic carbocycles. The lowest BCUT2D eigenvalue weighted by Crippen LogP contribution is -2.48. The second kappa shape index (κ2) is 13.7. The third kappa shape index (κ3) is 7.12. The number of carbonyl (C=O) groups excluding carboxylic acids is 1. The summed E-state index contributed by atoms with van der Waals surface area (Å²) in [5, 5.41) is 2.21. The van der Waals surface area contributed by atoms with Gasteiger partial charge in [0.1, 0.15) is 19.2 Å². The van der Waals surface area contributed by atoms with E-state index in [9.17, 15) is 4.79 Å². The number of fused-ring (bicyclic) bond motifs is 1. The molecule has 220 valence electrons. The summed E-state index contributed by atoms with van der Waals surface area (Å²) in [6.45, 7) is 3.49. The van der Waals surface area contributed by atoms with Crippen LogP contribution in [0.1, 0.15) is 64.5 Å². The minimum absolute atomic E-state index is 0.0249. The van der Waals surface area contributed by atoms with Crippen LogP contribution in [0.2, 0.25) is 0 Å². The van der Waals surface area contributed by atoms with E-state index >= 15 is 0 Å². The number of pyridine rings is 1. The molecular weight excluding hydrogens is 530 g/mol. The lowest BCUT2D eigenvalue weighted by atomic mass is 9.80. The summed E-state index contributed by atoms with van der Waals surface area (Å²) < 4.78 is 7.19. The van der Waals surface area contributed by atoms with Gasteiger partial charge in [-0.05, 0) is 53.6 Å². The molecule has 1 amide bonds. The van der Waals surface area contributed by atoms with Crippen molar-refractivity contribution in [1.29, 1.82) is 0 Å². The summed E-state index contributed by atoms with van der Waals surface area (Å²) in [6.07, 6.45) is 3.18. The average molecular weight is 573 g/mol. The van der Waals surface area contributed by atoms with E-state index < -0.39 is 5.91 Å². The molecule has 5 aromatic rings. The summed E-state index contributed by atoms with van der Waals surface area (Å²) >= 11 is 0. The predicted molar refractivity (Wildman–Crippen MR) is 175 cm³/mol. The zero-order chi connectivity index (χ0) is 30.2. The Hall–Kier alpha value is -4.48. The Morgan fingerprint density at radius 2 is 1.42 bits per heavy atom. The van der Waals surface area contributed by atoms with Crippen molar-refractivity contribution in [1.82, 2.24) is 4.98 Å². The molecular formula is C38H42N3O2+. The molecule has 0 spiro atoms. The Morgan fingerprint density at radius 1 is 0.814 bits per heavy atom. The highest BCUT2D eigenvalue weighted by atomic mass is 16.5. The van der Waals surface area contributed by atoms with Crippen LogP contribution in [0.4, 0.5) is 0 Å². The smallest absolute Gasteiger partial charge is 0.248 e. The number of nitrogens with zero attached hydrogens (tertiary/aromatic N) is 2. The molecule has 2 N–H and O–H groups in total. The highest BCUT2D eigenvalue weighted by Gasteiger charge is 2.39. The molecule has 0 aliphatic rings. The van der Waals surface area contributed by atoms with Crippen LogP contribution in [0, 0.1) is 0 Å². The van der Waals surface area contributed by atoms with Crippen molar-refractivity contribution in [2.75, 3.05) is 27.2 Å². The third-order valence-electron chi connectivity index (χ3n) is 8.37. The molecule has 0 aliphatic heterocycles. The fraction of sp³-hybridized carbons (Fsp3) is 0.263. The maximum absolute atomic E-state index is 11.9. The number of quaternary nitrogens is 1. The third-order valence-corrected chi connectivity index (χ3v) is 8.37. The molecule has 0 unspecified atom stereocenters. The van der Waals surface area contributed by atoms with Crippen molar-refractivity contribution < 1.29 is 14.0 Å². The first kappa shape index (κ1) is 30.0. The number of benzene rings is 4. The van der Waals surface area contributed by atoms with Crippen LogP contribution in [-0.4, -0.2) is 42.6 Å². The largest absolute Gasteiger partial charge is 0.471 e. The predicted octanol–water partition coefficient (Wildman–Crippen LogP) is 7.70. The van der Waals surface area contributed by atoms with Gasteiger partial charge in [-0.2, -0.15) is 0 Å². The maximum atomic E-state index is 11.9. The number of primary amides is 1. The summed E-state index contributed by atoms with van der Waals surface area (Å²) in [4.78, 5) is 16.8. The Labute approximate surface area is 255 Å². The molecule has 0 fully saturated rings. The van der Waals surface area contributed by atoms with Crippen LogP contribution in [0.25, 0.3) is 10.8 Å². The number of carbonyl (C=O) groups is 1. The maximum Gasteiger partial charge on any atom is 0.248 e. The van der Waals surface area contributed by atoms with Crippen LogP contribution in [0.15, 0.2) is 115 Å².